The summed E-state index contributed by atoms with van der Waals surface area (Å²) in [6.45, 7) is 1.95. The van der Waals surface area contributed by atoms with Crippen LogP contribution in [0.5, 0.6) is 0 Å². The van der Waals surface area contributed by atoms with Crippen LogP contribution in [0.15, 0.2) is 77.8 Å². The minimum absolute atomic E-state index is 0.293. The van der Waals surface area contributed by atoms with Gasteiger partial charge in [0, 0.05) is 37.8 Å². The molecular formula is C25H32N3+. The van der Waals surface area contributed by atoms with Crippen molar-refractivity contribution in [1.29, 1.82) is 0 Å². The van der Waals surface area contributed by atoms with Crippen molar-refractivity contribution in [2.24, 2.45) is 10.9 Å². The molecule has 0 radical (unpaired) electrons. The Morgan fingerprint density at radius 2 is 1.39 bits per heavy atom. The third kappa shape index (κ3) is 4.60. The van der Waals surface area contributed by atoms with Crippen LogP contribution in [0.1, 0.15) is 24.0 Å². The maximum Gasteiger partial charge on any atom is 0.124 e. The van der Waals surface area contributed by atoms with Gasteiger partial charge in [-0.1, -0.05) is 36.4 Å². The van der Waals surface area contributed by atoms with E-state index in [0.717, 1.165) is 5.69 Å². The van der Waals surface area contributed by atoms with Crippen LogP contribution in [-0.2, 0) is 0 Å². The summed E-state index contributed by atoms with van der Waals surface area (Å²) in [6, 6.07) is 18.1. The van der Waals surface area contributed by atoms with Crippen LogP contribution < -0.4 is 9.80 Å². The number of hydrogen-bond donors (Lipinski definition) is 1. The van der Waals surface area contributed by atoms with Gasteiger partial charge >= 0.3 is 0 Å². The van der Waals surface area contributed by atoms with Gasteiger partial charge in [-0.15, -0.1) is 0 Å². The Morgan fingerprint density at radius 1 is 0.857 bits per heavy atom. The average molecular weight is 375 g/mol. The van der Waals surface area contributed by atoms with Crippen molar-refractivity contribution in [2.75, 3.05) is 33.1 Å². The maximum atomic E-state index is 4.39. The van der Waals surface area contributed by atoms with Crippen LogP contribution in [0.4, 0.5) is 11.4 Å². The fourth-order valence-electron chi connectivity index (χ4n) is 3.76. The second-order valence-electron chi connectivity index (χ2n) is 7.89. The number of anilines is 1. The molecule has 146 valence electrons. The van der Waals surface area contributed by atoms with Gasteiger partial charge in [0.05, 0.1) is 19.8 Å². The summed E-state index contributed by atoms with van der Waals surface area (Å²) >= 11 is 0. The molecule has 0 amide bonds. The molecule has 0 aromatic heterocycles. The molecule has 3 rings (SSSR count). The van der Waals surface area contributed by atoms with E-state index < -0.39 is 0 Å². The first-order valence-corrected chi connectivity index (χ1v) is 10.0. The molecule has 3 nitrogen and oxygen atoms in total. The number of nitrogens with one attached hydrogen (secondary N) is 1. The molecule has 0 saturated heterocycles. The highest BCUT2D eigenvalue weighted by molar-refractivity contribution is 5.60. The standard InChI is InChI=1S/C25H31N3/c1-6-26-22-13-7-19(8-14-22)25(20-9-15-23(16-10-20)27(2)3)21-11-17-24(18-12-21)28(4)5/h6-18,20,23,25H,1-5H3/p+1. The van der Waals surface area contributed by atoms with Crippen molar-refractivity contribution in [2.45, 2.75) is 18.9 Å². The summed E-state index contributed by atoms with van der Waals surface area (Å²) in [6.07, 6.45) is 11.3. The van der Waals surface area contributed by atoms with E-state index in [1.165, 1.54) is 21.7 Å². The molecule has 0 heterocycles. The van der Waals surface area contributed by atoms with Crippen LogP contribution in [0.3, 0.4) is 0 Å². The number of nitrogens with zero attached hydrogens (tertiary/aromatic N) is 2. The molecule has 1 aliphatic carbocycles. The van der Waals surface area contributed by atoms with Crippen molar-refractivity contribution in [3.63, 3.8) is 0 Å². The SMILES string of the molecule is CC=Nc1ccc(C(c2ccc(N(C)C)cc2)C2C=CC([NH+](C)C)C=C2)cc1. The Balaban J connectivity index is 1.96. The summed E-state index contributed by atoms with van der Waals surface area (Å²) in [7, 11) is 8.56. The summed E-state index contributed by atoms with van der Waals surface area (Å²) in [5.74, 6) is 0.641. The second kappa shape index (κ2) is 9.03. The molecule has 1 atom stereocenters. The van der Waals surface area contributed by atoms with Crippen LogP contribution in [0.25, 0.3) is 0 Å². The topological polar surface area (TPSA) is 20.0 Å². The summed E-state index contributed by atoms with van der Waals surface area (Å²) in [4.78, 5) is 7.96. The van der Waals surface area contributed by atoms with E-state index in [4.69, 9.17) is 0 Å². The van der Waals surface area contributed by atoms with Crippen LogP contribution in [-0.4, -0.2) is 40.4 Å². The second-order valence-corrected chi connectivity index (χ2v) is 7.89. The van der Waals surface area contributed by atoms with Gasteiger partial charge in [0.2, 0.25) is 0 Å². The molecule has 0 aliphatic heterocycles. The third-order valence-electron chi connectivity index (χ3n) is 5.43. The number of quaternary nitrogens is 1. The highest BCUT2D eigenvalue weighted by Crippen LogP contribution is 2.36. The first kappa shape index (κ1) is 20.1. The monoisotopic (exact) mass is 374 g/mol. The fourth-order valence-corrected chi connectivity index (χ4v) is 3.76. The molecule has 1 unspecified atom stereocenters. The Hall–Kier alpha value is -2.65. The molecule has 2 aromatic rings. The first-order chi connectivity index (χ1) is 13.5. The third-order valence-corrected chi connectivity index (χ3v) is 5.43. The van der Waals surface area contributed by atoms with Crippen molar-refractivity contribution in [3.8, 4) is 0 Å². The Kier molecular flexibility index (Phi) is 6.48. The summed E-state index contributed by atoms with van der Waals surface area (Å²) < 4.78 is 0. The Morgan fingerprint density at radius 3 is 1.86 bits per heavy atom. The summed E-state index contributed by atoms with van der Waals surface area (Å²) in [5, 5.41) is 0. The maximum absolute atomic E-state index is 4.39. The summed E-state index contributed by atoms with van der Waals surface area (Å²) in [5.41, 5.74) is 4.88. The lowest BCUT2D eigenvalue weighted by Crippen LogP contribution is -3.09. The van der Waals surface area contributed by atoms with Crippen molar-refractivity contribution in [1.82, 2.24) is 0 Å². The zero-order valence-electron chi connectivity index (χ0n) is 17.6. The minimum Gasteiger partial charge on any atom is -0.378 e. The molecule has 28 heavy (non-hydrogen) atoms. The van der Waals surface area contributed by atoms with E-state index in [1.54, 1.807) is 0 Å². The quantitative estimate of drug-likeness (QED) is 0.601. The van der Waals surface area contributed by atoms with Gasteiger partial charge in [0.25, 0.3) is 0 Å². The van der Waals surface area contributed by atoms with Crippen LogP contribution in [0, 0.1) is 5.92 Å². The zero-order valence-corrected chi connectivity index (χ0v) is 17.6. The molecule has 0 saturated carbocycles. The Bertz CT molecular complexity index is 828. The Labute approximate surface area is 169 Å². The highest BCUT2D eigenvalue weighted by Gasteiger charge is 2.24. The van der Waals surface area contributed by atoms with Gasteiger partial charge in [-0.25, -0.2) is 0 Å². The van der Waals surface area contributed by atoms with Crippen molar-refractivity contribution < 1.29 is 4.90 Å². The fraction of sp³-hybridized carbons (Fsp3) is 0.320. The van der Waals surface area contributed by atoms with Gasteiger partial charge in [0.15, 0.2) is 0 Å². The number of benzene rings is 2. The van der Waals surface area contributed by atoms with Gasteiger partial charge in [-0.05, 0) is 54.5 Å². The van der Waals surface area contributed by atoms with E-state index >= 15 is 0 Å². The van der Waals surface area contributed by atoms with Crippen LogP contribution in [0.2, 0.25) is 0 Å². The first-order valence-electron chi connectivity index (χ1n) is 10.0. The average Bonchev–Trinajstić information content (AvgIpc) is 2.70. The highest BCUT2D eigenvalue weighted by atomic mass is 15.1. The lowest BCUT2D eigenvalue weighted by molar-refractivity contribution is -0.871. The lowest BCUT2D eigenvalue weighted by Gasteiger charge is -2.28. The molecule has 1 N–H and O–H groups in total. The molecule has 2 aromatic carbocycles. The number of rotatable bonds is 6. The van der Waals surface area contributed by atoms with Crippen molar-refractivity contribution >= 4 is 17.6 Å². The molecule has 0 bridgehead atoms. The normalized spacial score (nSPS) is 20.1. The predicted molar refractivity (Wildman–Crippen MR) is 121 cm³/mol. The van der Waals surface area contributed by atoms with Crippen LogP contribution >= 0.6 is 0 Å². The van der Waals surface area contributed by atoms with E-state index in [1.807, 2.05) is 13.1 Å². The minimum atomic E-state index is 0.293. The number of allylic oxidation sites excluding steroid dienone is 2. The number of hydrogen-bond acceptors (Lipinski definition) is 2. The molecule has 0 fully saturated rings. The van der Waals surface area contributed by atoms with Crippen molar-refractivity contribution in [3.05, 3.63) is 84.0 Å². The van der Waals surface area contributed by atoms with Gasteiger partial charge in [-0.3, -0.25) is 4.99 Å². The molecule has 1 aliphatic rings. The molecule has 0 spiro atoms. The largest absolute Gasteiger partial charge is 0.378 e. The van der Waals surface area contributed by atoms with E-state index in [2.05, 4.69) is 111 Å². The van der Waals surface area contributed by atoms with E-state index in [-0.39, 0.29) is 0 Å². The van der Waals surface area contributed by atoms with E-state index in [9.17, 15) is 0 Å². The predicted octanol–water partition coefficient (Wildman–Crippen LogP) is 3.86. The molecule has 3 heteroatoms. The smallest absolute Gasteiger partial charge is 0.124 e. The van der Waals surface area contributed by atoms with Gasteiger partial charge in [-0.2, -0.15) is 0 Å². The number of aliphatic imine (C=N–C) groups is 1. The van der Waals surface area contributed by atoms with E-state index in [0.29, 0.717) is 17.9 Å². The number of likely N-dealkylation sites (N-methyl/N-ethyl adjacent to an activating group) is 1. The van der Waals surface area contributed by atoms with Gasteiger partial charge in [0.1, 0.15) is 6.04 Å². The zero-order chi connectivity index (χ0) is 20.1. The molecular weight excluding hydrogens is 342 g/mol. The van der Waals surface area contributed by atoms with Gasteiger partial charge < -0.3 is 9.80 Å². The lowest BCUT2D eigenvalue weighted by atomic mass is 9.78.